The van der Waals surface area contributed by atoms with E-state index in [9.17, 15) is 14.9 Å². The van der Waals surface area contributed by atoms with Gasteiger partial charge in [-0.1, -0.05) is 6.92 Å². The molecule has 2 aromatic rings. The molecule has 2 heterocycles. The number of nitrogens with one attached hydrogen (secondary N) is 2. The largest absolute Gasteiger partial charge is 0.349 e. The average molecular weight is 353 g/mol. The van der Waals surface area contributed by atoms with Gasteiger partial charge in [0.15, 0.2) is 0 Å². The SMILES string of the molecule is CCCn1c(C)cc(/C=C(/C#N)C(=O)NNC(=O)c2cccn2C)c1C. The fourth-order valence-corrected chi connectivity index (χ4v) is 2.79. The molecule has 0 bridgehead atoms. The first-order chi connectivity index (χ1) is 12.4. The summed E-state index contributed by atoms with van der Waals surface area (Å²) in [5, 5.41) is 9.32. The van der Waals surface area contributed by atoms with Gasteiger partial charge in [-0.3, -0.25) is 20.4 Å². The molecule has 2 rings (SSSR count). The molecule has 0 radical (unpaired) electrons. The first-order valence-corrected chi connectivity index (χ1v) is 8.39. The normalized spacial score (nSPS) is 11.1. The number of rotatable bonds is 5. The molecule has 7 heteroatoms. The molecule has 2 N–H and O–H groups in total. The second-order valence-electron chi connectivity index (χ2n) is 6.06. The third-order valence-corrected chi connectivity index (χ3v) is 4.19. The zero-order chi connectivity index (χ0) is 19.3. The first kappa shape index (κ1) is 19.1. The van der Waals surface area contributed by atoms with Crippen molar-refractivity contribution in [1.29, 1.82) is 5.26 Å². The highest BCUT2D eigenvalue weighted by Gasteiger charge is 2.14. The van der Waals surface area contributed by atoms with E-state index < -0.39 is 11.8 Å². The molecular formula is C19H23N5O2. The van der Waals surface area contributed by atoms with Gasteiger partial charge in [0.2, 0.25) is 0 Å². The van der Waals surface area contributed by atoms with E-state index in [4.69, 9.17) is 0 Å². The quantitative estimate of drug-likeness (QED) is 0.490. The second-order valence-corrected chi connectivity index (χ2v) is 6.06. The van der Waals surface area contributed by atoms with Crippen molar-refractivity contribution >= 4 is 17.9 Å². The number of nitriles is 1. The molecule has 26 heavy (non-hydrogen) atoms. The maximum atomic E-state index is 12.2. The van der Waals surface area contributed by atoms with E-state index in [2.05, 4.69) is 22.3 Å². The number of hydrazine groups is 1. The number of carbonyl (C=O) groups is 2. The lowest BCUT2D eigenvalue weighted by Gasteiger charge is -2.08. The Hall–Kier alpha value is -3.27. The summed E-state index contributed by atoms with van der Waals surface area (Å²) in [7, 11) is 1.73. The van der Waals surface area contributed by atoms with E-state index >= 15 is 0 Å². The average Bonchev–Trinajstić information content (AvgIpc) is 3.15. The van der Waals surface area contributed by atoms with Crippen molar-refractivity contribution < 1.29 is 9.59 Å². The van der Waals surface area contributed by atoms with E-state index in [-0.39, 0.29) is 5.57 Å². The lowest BCUT2D eigenvalue weighted by Crippen LogP contribution is -2.42. The summed E-state index contributed by atoms with van der Waals surface area (Å²) in [6.45, 7) is 6.93. The van der Waals surface area contributed by atoms with Gasteiger partial charge in [0.05, 0.1) is 0 Å². The van der Waals surface area contributed by atoms with Crippen molar-refractivity contribution in [2.24, 2.45) is 7.05 Å². The van der Waals surface area contributed by atoms with E-state index in [0.29, 0.717) is 5.69 Å². The second kappa shape index (κ2) is 8.21. The minimum atomic E-state index is -0.657. The Morgan fingerprint density at radius 2 is 2.04 bits per heavy atom. The Morgan fingerprint density at radius 3 is 2.62 bits per heavy atom. The number of aryl methyl sites for hydroxylation is 2. The summed E-state index contributed by atoms with van der Waals surface area (Å²) < 4.78 is 3.78. The molecule has 7 nitrogen and oxygen atoms in total. The molecular weight excluding hydrogens is 330 g/mol. The molecule has 0 aliphatic carbocycles. The highest BCUT2D eigenvalue weighted by atomic mass is 16.2. The van der Waals surface area contributed by atoms with Crippen LogP contribution in [0.5, 0.6) is 0 Å². The predicted molar refractivity (Wildman–Crippen MR) is 98.8 cm³/mol. The van der Waals surface area contributed by atoms with E-state index in [1.54, 1.807) is 36.0 Å². The number of hydrogen-bond donors (Lipinski definition) is 2. The standard InChI is InChI=1S/C19H23N5O2/c1-5-8-24-13(2)10-15(14(24)3)11-16(12-20)18(25)21-22-19(26)17-7-6-9-23(17)4/h6-7,9-11H,5,8H2,1-4H3,(H,21,25)(H,22,26)/b16-11-. The van der Waals surface area contributed by atoms with Crippen molar-refractivity contribution in [1.82, 2.24) is 20.0 Å². The van der Waals surface area contributed by atoms with Gasteiger partial charge in [-0.15, -0.1) is 0 Å². The summed E-state index contributed by atoms with van der Waals surface area (Å²) in [5.74, 6) is -1.11. The Balaban J connectivity index is 2.13. The third kappa shape index (κ3) is 4.03. The van der Waals surface area contributed by atoms with Gasteiger partial charge in [-0.05, 0) is 50.1 Å². The molecule has 0 saturated carbocycles. The molecule has 0 unspecified atom stereocenters. The maximum absolute atomic E-state index is 12.2. The van der Waals surface area contributed by atoms with Crippen LogP contribution in [-0.4, -0.2) is 20.9 Å². The van der Waals surface area contributed by atoms with Gasteiger partial charge in [0.25, 0.3) is 11.8 Å². The molecule has 0 aliphatic rings. The lowest BCUT2D eigenvalue weighted by atomic mass is 10.1. The minimum absolute atomic E-state index is 0.0751. The summed E-state index contributed by atoms with van der Waals surface area (Å²) in [6, 6.07) is 7.19. The van der Waals surface area contributed by atoms with Crippen LogP contribution in [0, 0.1) is 25.2 Å². The third-order valence-electron chi connectivity index (χ3n) is 4.19. The van der Waals surface area contributed by atoms with Crippen LogP contribution in [-0.2, 0) is 18.4 Å². The fraction of sp³-hybridized carbons (Fsp3) is 0.316. The topological polar surface area (TPSA) is 91.8 Å². The molecule has 0 atom stereocenters. The van der Waals surface area contributed by atoms with Gasteiger partial charge in [-0.2, -0.15) is 5.26 Å². The highest BCUT2D eigenvalue weighted by molar-refractivity contribution is 6.03. The van der Waals surface area contributed by atoms with Crippen LogP contribution >= 0.6 is 0 Å². The molecule has 136 valence electrons. The lowest BCUT2D eigenvalue weighted by molar-refractivity contribution is -0.117. The monoisotopic (exact) mass is 353 g/mol. The Morgan fingerprint density at radius 1 is 1.31 bits per heavy atom. The van der Waals surface area contributed by atoms with Crippen molar-refractivity contribution in [2.45, 2.75) is 33.7 Å². The van der Waals surface area contributed by atoms with Crippen LogP contribution in [0.15, 0.2) is 30.0 Å². The van der Waals surface area contributed by atoms with Crippen molar-refractivity contribution in [3.8, 4) is 6.07 Å². The molecule has 2 amide bonds. The number of carbonyl (C=O) groups excluding carboxylic acids is 2. The van der Waals surface area contributed by atoms with Gasteiger partial charge < -0.3 is 9.13 Å². The molecule has 0 spiro atoms. The van der Waals surface area contributed by atoms with Gasteiger partial charge in [-0.25, -0.2) is 0 Å². The smallest absolute Gasteiger partial charge is 0.286 e. The van der Waals surface area contributed by atoms with Gasteiger partial charge >= 0.3 is 0 Å². The minimum Gasteiger partial charge on any atom is -0.349 e. The van der Waals surface area contributed by atoms with Crippen LogP contribution in [0.3, 0.4) is 0 Å². The van der Waals surface area contributed by atoms with E-state index in [1.807, 2.05) is 26.0 Å². The highest BCUT2D eigenvalue weighted by Crippen LogP contribution is 2.18. The molecule has 0 fully saturated rings. The van der Waals surface area contributed by atoms with Crippen LogP contribution in [0.25, 0.3) is 6.08 Å². The molecule has 0 aromatic carbocycles. The van der Waals surface area contributed by atoms with Crippen LogP contribution < -0.4 is 10.9 Å². The molecule has 2 aromatic heterocycles. The van der Waals surface area contributed by atoms with Crippen molar-refractivity contribution in [3.05, 3.63) is 52.6 Å². The number of amides is 2. The maximum Gasteiger partial charge on any atom is 0.286 e. The summed E-state index contributed by atoms with van der Waals surface area (Å²) in [5.41, 5.74) is 7.82. The number of nitrogens with zero attached hydrogens (tertiary/aromatic N) is 3. The molecule has 0 aliphatic heterocycles. The molecule has 0 saturated heterocycles. The number of aromatic nitrogens is 2. The zero-order valence-corrected chi connectivity index (χ0v) is 15.5. The zero-order valence-electron chi connectivity index (χ0n) is 15.5. The van der Waals surface area contributed by atoms with Crippen LogP contribution in [0.4, 0.5) is 0 Å². The van der Waals surface area contributed by atoms with E-state index in [1.165, 1.54) is 0 Å². The van der Waals surface area contributed by atoms with Crippen LogP contribution in [0.2, 0.25) is 0 Å². The summed E-state index contributed by atoms with van der Waals surface area (Å²) in [4.78, 5) is 24.3. The number of hydrogen-bond acceptors (Lipinski definition) is 3. The summed E-state index contributed by atoms with van der Waals surface area (Å²) >= 11 is 0. The van der Waals surface area contributed by atoms with E-state index in [0.717, 1.165) is 29.9 Å². The predicted octanol–water partition coefficient (Wildman–Crippen LogP) is 2.22. The summed E-state index contributed by atoms with van der Waals surface area (Å²) in [6.07, 6.45) is 4.26. The van der Waals surface area contributed by atoms with Crippen LogP contribution in [0.1, 0.15) is 40.8 Å². The Bertz CT molecular complexity index is 896. The Labute approximate surface area is 152 Å². The fourth-order valence-electron chi connectivity index (χ4n) is 2.79. The van der Waals surface area contributed by atoms with Crippen molar-refractivity contribution in [3.63, 3.8) is 0 Å². The Kier molecular flexibility index (Phi) is 6.02. The van der Waals surface area contributed by atoms with Gasteiger partial charge in [0.1, 0.15) is 17.3 Å². The first-order valence-electron chi connectivity index (χ1n) is 8.39. The van der Waals surface area contributed by atoms with Crippen molar-refractivity contribution in [2.75, 3.05) is 0 Å². The van der Waals surface area contributed by atoms with Gasteiger partial charge in [0, 0.05) is 31.2 Å².